The van der Waals surface area contributed by atoms with E-state index in [1.54, 1.807) is 48.7 Å². The first-order valence-corrected chi connectivity index (χ1v) is 9.53. The largest absolute Gasteiger partial charge is 0.383 e. The topological polar surface area (TPSA) is 71.1 Å². The van der Waals surface area contributed by atoms with E-state index in [0.29, 0.717) is 6.54 Å². The van der Waals surface area contributed by atoms with E-state index >= 15 is 0 Å². The zero-order valence-corrected chi connectivity index (χ0v) is 14.7. The summed E-state index contributed by atoms with van der Waals surface area (Å²) in [7, 11) is -3.65. The smallest absolute Gasteiger partial charge is 0.263 e. The third-order valence-corrected chi connectivity index (χ3v) is 5.08. The van der Waals surface area contributed by atoms with Crippen molar-refractivity contribution in [3.8, 4) is 0 Å². The molecular weight excluding hydrogens is 353 g/mol. The highest BCUT2D eigenvalue weighted by Crippen LogP contribution is 2.15. The predicted octanol–water partition coefficient (Wildman–Crippen LogP) is 3.68. The molecule has 26 heavy (non-hydrogen) atoms. The van der Waals surface area contributed by atoms with Crippen LogP contribution in [-0.2, 0) is 16.4 Å². The Kier molecular flexibility index (Phi) is 5.48. The molecule has 0 aliphatic heterocycles. The standard InChI is InChI=1S/C19H18FN3O2S/c20-16-8-6-15(7-9-16)12-13-21-17-10-11-19(22-14-17)23-26(24,25)18-4-2-1-3-5-18/h1-11,14,21H,12-13H2,(H,22,23). The Bertz CT molecular complexity index is 944. The highest BCUT2D eigenvalue weighted by atomic mass is 32.2. The third-order valence-electron chi connectivity index (χ3n) is 3.71. The van der Waals surface area contributed by atoms with Crippen molar-refractivity contribution in [3.05, 3.63) is 84.3 Å². The van der Waals surface area contributed by atoms with Crippen LogP contribution in [0.3, 0.4) is 0 Å². The fraction of sp³-hybridized carbons (Fsp3) is 0.105. The molecular formula is C19H18FN3O2S. The molecule has 0 aliphatic rings. The minimum absolute atomic E-state index is 0.184. The van der Waals surface area contributed by atoms with Crippen LogP contribution in [0.2, 0.25) is 0 Å². The highest BCUT2D eigenvalue weighted by Gasteiger charge is 2.13. The van der Waals surface area contributed by atoms with E-state index in [1.807, 2.05) is 0 Å². The third kappa shape index (κ3) is 4.80. The monoisotopic (exact) mass is 371 g/mol. The van der Waals surface area contributed by atoms with E-state index in [1.165, 1.54) is 24.3 Å². The van der Waals surface area contributed by atoms with E-state index in [0.717, 1.165) is 17.7 Å². The number of aromatic nitrogens is 1. The summed E-state index contributed by atoms with van der Waals surface area (Å²) >= 11 is 0. The van der Waals surface area contributed by atoms with Gasteiger partial charge in [0.15, 0.2) is 0 Å². The van der Waals surface area contributed by atoms with E-state index in [9.17, 15) is 12.8 Å². The second kappa shape index (κ2) is 7.97. The molecule has 0 spiro atoms. The van der Waals surface area contributed by atoms with Crippen molar-refractivity contribution in [2.45, 2.75) is 11.3 Å². The van der Waals surface area contributed by atoms with Crippen LogP contribution in [0.25, 0.3) is 0 Å². The van der Waals surface area contributed by atoms with Crippen molar-refractivity contribution in [2.24, 2.45) is 0 Å². The van der Waals surface area contributed by atoms with Crippen LogP contribution in [0.1, 0.15) is 5.56 Å². The molecule has 1 heterocycles. The molecule has 0 atom stereocenters. The van der Waals surface area contributed by atoms with Gasteiger partial charge in [-0.15, -0.1) is 0 Å². The van der Waals surface area contributed by atoms with Crippen molar-refractivity contribution >= 4 is 21.5 Å². The van der Waals surface area contributed by atoms with Crippen molar-refractivity contribution in [1.82, 2.24) is 4.98 Å². The molecule has 134 valence electrons. The summed E-state index contributed by atoms with van der Waals surface area (Å²) in [6, 6.07) is 17.8. The zero-order chi connectivity index (χ0) is 18.4. The van der Waals surface area contributed by atoms with Gasteiger partial charge in [-0.2, -0.15) is 0 Å². The first-order chi connectivity index (χ1) is 12.5. The van der Waals surface area contributed by atoms with Crippen LogP contribution in [0.15, 0.2) is 77.8 Å². The lowest BCUT2D eigenvalue weighted by Gasteiger charge is -2.09. The van der Waals surface area contributed by atoms with Crippen LogP contribution in [0.4, 0.5) is 15.9 Å². The molecule has 0 saturated carbocycles. The fourth-order valence-electron chi connectivity index (χ4n) is 2.36. The second-order valence-corrected chi connectivity index (χ2v) is 7.34. The molecule has 0 bridgehead atoms. The van der Waals surface area contributed by atoms with Crippen molar-refractivity contribution in [3.63, 3.8) is 0 Å². The van der Waals surface area contributed by atoms with Gasteiger partial charge in [0.05, 0.1) is 16.8 Å². The summed E-state index contributed by atoms with van der Waals surface area (Å²) in [5, 5.41) is 3.20. The lowest BCUT2D eigenvalue weighted by Crippen LogP contribution is -2.14. The number of hydrogen-bond acceptors (Lipinski definition) is 4. The summed E-state index contributed by atoms with van der Waals surface area (Å²) in [4.78, 5) is 4.31. The summed E-state index contributed by atoms with van der Waals surface area (Å²) in [6.45, 7) is 0.655. The average Bonchev–Trinajstić information content (AvgIpc) is 2.65. The Morgan fingerprint density at radius 3 is 2.31 bits per heavy atom. The maximum Gasteiger partial charge on any atom is 0.263 e. The van der Waals surface area contributed by atoms with E-state index in [2.05, 4.69) is 15.0 Å². The van der Waals surface area contributed by atoms with Gasteiger partial charge in [-0.05, 0) is 48.4 Å². The van der Waals surface area contributed by atoms with Gasteiger partial charge in [-0.3, -0.25) is 4.72 Å². The number of nitrogens with one attached hydrogen (secondary N) is 2. The molecule has 0 aliphatic carbocycles. The maximum atomic E-state index is 12.9. The molecule has 2 aromatic carbocycles. The van der Waals surface area contributed by atoms with Gasteiger partial charge in [0.25, 0.3) is 10.0 Å². The summed E-state index contributed by atoms with van der Waals surface area (Å²) < 4.78 is 39.8. The Labute approximate surface area is 152 Å². The van der Waals surface area contributed by atoms with Crippen LogP contribution in [0.5, 0.6) is 0 Å². The van der Waals surface area contributed by atoms with Crippen molar-refractivity contribution in [2.75, 3.05) is 16.6 Å². The number of hydrogen-bond donors (Lipinski definition) is 2. The molecule has 0 fully saturated rings. The number of rotatable bonds is 7. The first kappa shape index (κ1) is 17.9. The molecule has 2 N–H and O–H groups in total. The number of benzene rings is 2. The van der Waals surface area contributed by atoms with Gasteiger partial charge in [-0.1, -0.05) is 30.3 Å². The predicted molar refractivity (Wildman–Crippen MR) is 100 cm³/mol. The lowest BCUT2D eigenvalue weighted by molar-refractivity contribution is 0.601. The minimum atomic E-state index is -3.65. The van der Waals surface area contributed by atoms with Gasteiger partial charge in [-0.25, -0.2) is 17.8 Å². The van der Waals surface area contributed by atoms with Crippen molar-refractivity contribution < 1.29 is 12.8 Å². The second-order valence-electron chi connectivity index (χ2n) is 5.65. The molecule has 7 heteroatoms. The molecule has 5 nitrogen and oxygen atoms in total. The SMILES string of the molecule is O=S(=O)(Nc1ccc(NCCc2ccc(F)cc2)cn1)c1ccccc1. The van der Waals surface area contributed by atoms with Gasteiger partial charge >= 0.3 is 0 Å². The number of halogens is 1. The summed E-state index contributed by atoms with van der Waals surface area (Å²) in [6.07, 6.45) is 2.30. The van der Waals surface area contributed by atoms with E-state index < -0.39 is 10.0 Å². The molecule has 0 unspecified atom stereocenters. The van der Waals surface area contributed by atoms with Crippen molar-refractivity contribution in [1.29, 1.82) is 0 Å². The van der Waals surface area contributed by atoms with Gasteiger partial charge in [0, 0.05) is 6.54 Å². The first-order valence-electron chi connectivity index (χ1n) is 8.05. The maximum absolute atomic E-state index is 12.9. The number of pyridine rings is 1. The molecule has 3 aromatic rings. The Morgan fingerprint density at radius 1 is 0.923 bits per heavy atom. The van der Waals surface area contributed by atoms with Crippen LogP contribution < -0.4 is 10.0 Å². The van der Waals surface area contributed by atoms with Gasteiger partial charge in [0.1, 0.15) is 11.6 Å². The van der Waals surface area contributed by atoms with Crippen LogP contribution in [-0.4, -0.2) is 19.9 Å². The minimum Gasteiger partial charge on any atom is -0.383 e. The van der Waals surface area contributed by atoms with Crippen LogP contribution >= 0.6 is 0 Å². The number of sulfonamides is 1. The Balaban J connectivity index is 1.56. The number of nitrogens with zero attached hydrogens (tertiary/aromatic N) is 1. The van der Waals surface area contributed by atoms with Gasteiger partial charge < -0.3 is 5.32 Å². The van der Waals surface area contributed by atoms with E-state index in [-0.39, 0.29) is 16.5 Å². The summed E-state index contributed by atoms with van der Waals surface area (Å²) in [5.74, 6) is -0.00242. The van der Waals surface area contributed by atoms with E-state index in [4.69, 9.17) is 0 Å². The summed E-state index contributed by atoms with van der Waals surface area (Å²) in [5.41, 5.74) is 1.80. The quantitative estimate of drug-likeness (QED) is 0.665. The molecule has 1 aromatic heterocycles. The number of anilines is 2. The molecule has 0 saturated heterocycles. The lowest BCUT2D eigenvalue weighted by atomic mass is 10.1. The highest BCUT2D eigenvalue weighted by molar-refractivity contribution is 7.92. The Morgan fingerprint density at radius 2 is 1.65 bits per heavy atom. The van der Waals surface area contributed by atoms with Gasteiger partial charge in [0.2, 0.25) is 0 Å². The molecule has 0 amide bonds. The average molecular weight is 371 g/mol. The van der Waals surface area contributed by atoms with Crippen LogP contribution in [0, 0.1) is 5.82 Å². The Hall–Kier alpha value is -2.93. The normalized spacial score (nSPS) is 11.1. The zero-order valence-electron chi connectivity index (χ0n) is 13.9. The molecule has 0 radical (unpaired) electrons. The fourth-order valence-corrected chi connectivity index (χ4v) is 3.39. The molecule has 3 rings (SSSR count).